The Morgan fingerprint density at radius 3 is 2.20 bits per heavy atom. The summed E-state index contributed by atoms with van der Waals surface area (Å²) in [5.41, 5.74) is 4.14. The first kappa shape index (κ1) is 22.6. The van der Waals surface area contributed by atoms with Crippen molar-refractivity contribution >= 4 is 34.1 Å². The molecule has 8 rings (SSSR count). The summed E-state index contributed by atoms with van der Waals surface area (Å²) < 4.78 is 8.89. The molecule has 3 aromatic carbocycles. The molecule has 4 heterocycles. The number of carbonyl (C=O) groups is 2. The fourth-order valence-electron chi connectivity index (χ4n) is 5.37. The highest BCUT2D eigenvalue weighted by atomic mass is 16.5. The van der Waals surface area contributed by atoms with Crippen LogP contribution in [0.5, 0.6) is 0 Å². The van der Waals surface area contributed by atoms with Crippen molar-refractivity contribution in [3.8, 4) is 11.5 Å². The van der Waals surface area contributed by atoms with Gasteiger partial charge in [-0.3, -0.25) is 18.8 Å². The average Bonchev–Trinajstić information content (AvgIpc) is 3.44. The Bertz CT molecular complexity index is 2030. The summed E-state index contributed by atoms with van der Waals surface area (Å²) >= 11 is 0. The normalized spacial score (nSPS) is 14.9. The average molecular weight is 529 g/mol. The van der Waals surface area contributed by atoms with Crippen LogP contribution in [0.25, 0.3) is 28.1 Å². The fraction of sp³-hybridized carbons (Fsp3) is 0.133. The summed E-state index contributed by atoms with van der Waals surface area (Å²) in [6, 6.07) is 21.5. The van der Waals surface area contributed by atoms with Crippen molar-refractivity contribution in [1.29, 1.82) is 0 Å². The van der Waals surface area contributed by atoms with Crippen LogP contribution in [0.3, 0.4) is 0 Å². The molecule has 0 saturated heterocycles. The number of aromatic nitrogens is 5. The van der Waals surface area contributed by atoms with Crippen molar-refractivity contribution in [2.45, 2.75) is 25.3 Å². The van der Waals surface area contributed by atoms with Crippen molar-refractivity contribution in [2.75, 3.05) is 4.90 Å². The van der Waals surface area contributed by atoms with E-state index in [9.17, 15) is 14.4 Å². The van der Waals surface area contributed by atoms with Gasteiger partial charge in [0.05, 0.1) is 34.4 Å². The Morgan fingerprint density at radius 1 is 0.825 bits per heavy atom. The third-order valence-electron chi connectivity index (χ3n) is 7.56. The molecular weight excluding hydrogens is 508 g/mol. The van der Waals surface area contributed by atoms with Crippen LogP contribution in [0.1, 0.15) is 50.9 Å². The second-order valence-electron chi connectivity index (χ2n) is 10.1. The zero-order valence-electron chi connectivity index (χ0n) is 21.0. The minimum atomic E-state index is -0.347. The minimum absolute atomic E-state index is 0.242. The Hall–Kier alpha value is -5.38. The number of fused-ring (bicyclic) bond motifs is 4. The highest BCUT2D eigenvalue weighted by molar-refractivity contribution is 6.34. The van der Waals surface area contributed by atoms with E-state index in [0.717, 1.165) is 29.4 Å². The van der Waals surface area contributed by atoms with Gasteiger partial charge in [0, 0.05) is 5.92 Å². The van der Waals surface area contributed by atoms with Crippen molar-refractivity contribution in [1.82, 2.24) is 24.1 Å². The number of benzene rings is 3. The molecule has 0 N–H and O–H groups in total. The highest BCUT2D eigenvalue weighted by Gasteiger charge is 2.36. The predicted octanol–water partition coefficient (Wildman–Crippen LogP) is 4.43. The zero-order chi connectivity index (χ0) is 27.0. The molecular formula is C30H20N6O4. The summed E-state index contributed by atoms with van der Waals surface area (Å²) in [6.45, 7) is 0.266. The van der Waals surface area contributed by atoms with E-state index >= 15 is 0 Å². The predicted molar refractivity (Wildman–Crippen MR) is 145 cm³/mol. The molecule has 2 aliphatic rings. The molecule has 0 spiro atoms. The van der Waals surface area contributed by atoms with Crippen molar-refractivity contribution in [3.63, 3.8) is 0 Å². The zero-order valence-corrected chi connectivity index (χ0v) is 21.0. The summed E-state index contributed by atoms with van der Waals surface area (Å²) in [4.78, 5) is 50.0. The monoisotopic (exact) mass is 528 g/mol. The lowest BCUT2D eigenvalue weighted by molar-refractivity contribution is 0.0926. The molecule has 1 aliphatic heterocycles. The van der Waals surface area contributed by atoms with Crippen LogP contribution in [0.2, 0.25) is 0 Å². The molecule has 6 aromatic rings. The maximum atomic E-state index is 14.0. The molecule has 0 atom stereocenters. The van der Waals surface area contributed by atoms with Gasteiger partial charge in [0.25, 0.3) is 17.4 Å². The number of imidazole rings is 1. The number of hydrogen-bond acceptors (Lipinski definition) is 7. The molecule has 194 valence electrons. The summed E-state index contributed by atoms with van der Waals surface area (Å²) in [5.74, 6) is 0.473. The molecule has 10 nitrogen and oxygen atoms in total. The number of anilines is 1. The number of amides is 2. The Morgan fingerprint density at radius 2 is 1.50 bits per heavy atom. The lowest BCUT2D eigenvalue weighted by Crippen LogP contribution is -2.29. The molecule has 1 saturated carbocycles. The van der Waals surface area contributed by atoms with Crippen LogP contribution in [0.15, 0.2) is 88.4 Å². The van der Waals surface area contributed by atoms with Gasteiger partial charge in [-0.2, -0.15) is 4.98 Å². The molecule has 1 fully saturated rings. The Balaban J connectivity index is 1.19. The number of imide groups is 1. The summed E-state index contributed by atoms with van der Waals surface area (Å²) in [5, 5.41) is 4.11. The molecule has 40 heavy (non-hydrogen) atoms. The minimum Gasteiger partial charge on any atom is -0.339 e. The van der Waals surface area contributed by atoms with Crippen molar-refractivity contribution < 1.29 is 14.1 Å². The number of rotatable bonds is 5. The SMILES string of the molecule is O=C1c2ccccc2C(=O)N1c1ccc(Cn2c(=O)c3c(-c4noc(C5CC5)n4)ncn3c3ccccc32)cc1. The Labute approximate surface area is 226 Å². The lowest BCUT2D eigenvalue weighted by Gasteiger charge is -2.16. The van der Waals surface area contributed by atoms with Crippen LogP contribution >= 0.6 is 0 Å². The van der Waals surface area contributed by atoms with Gasteiger partial charge in [0.15, 0.2) is 0 Å². The Kier molecular flexibility index (Phi) is 4.69. The number of hydrogen-bond donors (Lipinski definition) is 0. The van der Waals surface area contributed by atoms with Crippen LogP contribution in [0, 0.1) is 0 Å². The van der Waals surface area contributed by atoms with Crippen molar-refractivity contribution in [3.05, 3.63) is 112 Å². The largest absolute Gasteiger partial charge is 0.339 e. The van der Waals surface area contributed by atoms with E-state index in [2.05, 4.69) is 15.1 Å². The second-order valence-corrected chi connectivity index (χ2v) is 10.1. The van der Waals surface area contributed by atoms with Crippen LogP contribution in [-0.4, -0.2) is 35.9 Å². The maximum absolute atomic E-state index is 14.0. The van der Waals surface area contributed by atoms with Crippen LogP contribution < -0.4 is 10.5 Å². The number of carbonyl (C=O) groups excluding carboxylic acids is 2. The second kappa shape index (κ2) is 8.31. The molecule has 1 aliphatic carbocycles. The molecule has 2 amide bonds. The van der Waals surface area contributed by atoms with Crippen molar-refractivity contribution in [2.24, 2.45) is 0 Å². The van der Waals surface area contributed by atoms with E-state index in [0.29, 0.717) is 39.7 Å². The molecule has 3 aromatic heterocycles. The smallest absolute Gasteiger partial charge is 0.278 e. The van der Waals surface area contributed by atoms with Gasteiger partial charge in [-0.05, 0) is 54.8 Å². The first-order valence-electron chi connectivity index (χ1n) is 13.0. The first-order valence-corrected chi connectivity index (χ1v) is 13.0. The molecule has 10 heteroatoms. The van der Waals surface area contributed by atoms with E-state index in [1.807, 2.05) is 36.4 Å². The quantitative estimate of drug-likeness (QED) is 0.304. The maximum Gasteiger partial charge on any atom is 0.278 e. The first-order chi connectivity index (χ1) is 19.6. The van der Waals surface area contributed by atoms with Gasteiger partial charge in [0.2, 0.25) is 11.7 Å². The third kappa shape index (κ3) is 3.29. The van der Waals surface area contributed by atoms with Gasteiger partial charge >= 0.3 is 0 Å². The van der Waals surface area contributed by atoms with Crippen LogP contribution in [0.4, 0.5) is 5.69 Å². The van der Waals surface area contributed by atoms with Gasteiger partial charge in [0.1, 0.15) is 17.5 Å². The van der Waals surface area contributed by atoms with Gasteiger partial charge in [-0.1, -0.05) is 41.6 Å². The molecule has 0 radical (unpaired) electrons. The topological polar surface area (TPSA) is 116 Å². The standard InChI is InChI=1S/C30H20N6O4/c37-28-20-5-1-2-6-21(20)29(38)36(28)19-13-9-17(10-14-19)15-34-22-7-3-4-8-23(22)35-16-31-24(25(35)30(34)39)26-32-27(40-33-26)18-11-12-18/h1-10,13-14,16,18H,11-12,15H2. The molecule has 0 unspecified atom stereocenters. The van der Waals surface area contributed by atoms with E-state index < -0.39 is 0 Å². The number of nitrogens with zero attached hydrogens (tertiary/aromatic N) is 6. The van der Waals surface area contributed by atoms with E-state index in [4.69, 9.17) is 4.52 Å². The summed E-state index contributed by atoms with van der Waals surface area (Å²) in [6.07, 6.45) is 3.66. The highest BCUT2D eigenvalue weighted by Crippen LogP contribution is 2.39. The van der Waals surface area contributed by atoms with E-state index in [1.165, 1.54) is 4.90 Å². The van der Waals surface area contributed by atoms with Gasteiger partial charge < -0.3 is 9.09 Å². The van der Waals surface area contributed by atoms with Gasteiger partial charge in [-0.15, -0.1) is 0 Å². The molecule has 0 bridgehead atoms. The van der Waals surface area contributed by atoms with Crippen LogP contribution in [-0.2, 0) is 6.54 Å². The van der Waals surface area contributed by atoms with E-state index in [1.54, 1.807) is 51.7 Å². The fourth-order valence-corrected chi connectivity index (χ4v) is 5.37. The van der Waals surface area contributed by atoms with Gasteiger partial charge in [-0.25, -0.2) is 9.88 Å². The lowest BCUT2D eigenvalue weighted by atomic mass is 10.1. The third-order valence-corrected chi connectivity index (χ3v) is 7.56. The summed E-state index contributed by atoms with van der Waals surface area (Å²) in [7, 11) is 0. The van der Waals surface area contributed by atoms with E-state index in [-0.39, 0.29) is 29.8 Å². The number of para-hydroxylation sites is 2.